The monoisotopic (exact) mass is 332 g/mol. The molecule has 130 valence electrons. The van der Waals surface area contributed by atoms with Gasteiger partial charge in [-0.1, -0.05) is 12.1 Å². The molecule has 6 nitrogen and oxygen atoms in total. The maximum atomic E-state index is 12.0. The van der Waals surface area contributed by atoms with Crippen LogP contribution in [0.15, 0.2) is 24.3 Å². The lowest BCUT2D eigenvalue weighted by molar-refractivity contribution is -0.151. The number of carbonyl (C=O) groups excluding carboxylic acids is 2. The van der Waals surface area contributed by atoms with Gasteiger partial charge in [-0.25, -0.2) is 0 Å². The molecule has 2 N–H and O–H groups in total. The topological polar surface area (TPSA) is 86.7 Å². The molecule has 1 fully saturated rings. The molecule has 6 heteroatoms. The molecule has 0 unspecified atom stereocenters. The molecule has 2 rings (SSSR count). The summed E-state index contributed by atoms with van der Waals surface area (Å²) in [5.74, 6) is -1.54. The van der Waals surface area contributed by atoms with Crippen molar-refractivity contribution in [3.63, 3.8) is 0 Å². The van der Waals surface area contributed by atoms with E-state index >= 15 is 0 Å². The van der Waals surface area contributed by atoms with Gasteiger partial charge in [0.1, 0.15) is 5.41 Å². The predicted octanol–water partition coefficient (Wildman–Crippen LogP) is 2.29. The number of aryl methyl sites for hydroxylation is 1. The van der Waals surface area contributed by atoms with E-state index in [-0.39, 0.29) is 5.91 Å². The number of carboxylic acid groups (broad SMARTS) is 1. The second-order valence-electron chi connectivity index (χ2n) is 6.67. The minimum absolute atomic E-state index is 0.188. The zero-order valence-electron chi connectivity index (χ0n) is 14.2. The average molecular weight is 332 g/mol. The van der Waals surface area contributed by atoms with Crippen LogP contribution in [0.25, 0.3) is 0 Å². The number of aliphatic carboxylic acids is 1. The largest absolute Gasteiger partial charge is 0.480 e. The molecule has 0 aromatic heterocycles. The van der Waals surface area contributed by atoms with Crippen molar-refractivity contribution in [3.05, 3.63) is 29.8 Å². The number of benzene rings is 1. The second-order valence-corrected chi connectivity index (χ2v) is 6.67. The fourth-order valence-electron chi connectivity index (χ4n) is 2.52. The van der Waals surface area contributed by atoms with E-state index in [1.165, 1.54) is 13.8 Å². The molecule has 1 saturated heterocycles. The highest BCUT2D eigenvalue weighted by Gasteiger charge is 2.35. The Hall–Kier alpha value is -2.37. The maximum Gasteiger partial charge on any atom is 0.318 e. The number of hydrogen-bond acceptors (Lipinski definition) is 3. The Kier molecular flexibility index (Phi) is 5.59. The van der Waals surface area contributed by atoms with Crippen molar-refractivity contribution in [2.75, 3.05) is 18.4 Å². The number of hydrogen-bond donors (Lipinski definition) is 2. The van der Waals surface area contributed by atoms with Gasteiger partial charge in [-0.2, -0.15) is 0 Å². The van der Waals surface area contributed by atoms with Gasteiger partial charge in [0.15, 0.2) is 0 Å². The zero-order chi connectivity index (χ0) is 17.7. The molecule has 0 aliphatic carbocycles. The lowest BCUT2D eigenvalue weighted by Gasteiger charge is -2.18. The molecule has 0 saturated carbocycles. The number of rotatable bonds is 6. The van der Waals surface area contributed by atoms with E-state index in [9.17, 15) is 14.4 Å². The minimum Gasteiger partial charge on any atom is -0.480 e. The molecule has 1 aromatic carbocycles. The highest BCUT2D eigenvalue weighted by molar-refractivity contribution is 6.07. The van der Waals surface area contributed by atoms with Crippen LogP contribution < -0.4 is 5.32 Å². The first-order chi connectivity index (χ1) is 11.3. The summed E-state index contributed by atoms with van der Waals surface area (Å²) in [6, 6.07) is 7.15. The van der Waals surface area contributed by atoms with E-state index in [2.05, 4.69) is 5.32 Å². The van der Waals surface area contributed by atoms with Crippen LogP contribution >= 0.6 is 0 Å². The second kappa shape index (κ2) is 7.47. The number of carbonyl (C=O) groups is 3. The zero-order valence-corrected chi connectivity index (χ0v) is 14.2. The average Bonchev–Trinajstić information content (AvgIpc) is 3.08. The SMILES string of the molecule is CC(C)(C(=O)O)C(=O)Nc1ccc(CCC(=O)N2CCCC2)cc1. The van der Waals surface area contributed by atoms with Crippen molar-refractivity contribution < 1.29 is 19.5 Å². The Bertz CT molecular complexity index is 616. The summed E-state index contributed by atoms with van der Waals surface area (Å²) in [6.07, 6.45) is 3.32. The molecule has 1 aromatic rings. The van der Waals surface area contributed by atoms with Crippen molar-refractivity contribution >= 4 is 23.5 Å². The summed E-state index contributed by atoms with van der Waals surface area (Å²) in [5, 5.41) is 11.7. The van der Waals surface area contributed by atoms with Crippen LogP contribution in [-0.4, -0.2) is 40.9 Å². The summed E-state index contributed by atoms with van der Waals surface area (Å²) in [7, 11) is 0. The highest BCUT2D eigenvalue weighted by Crippen LogP contribution is 2.20. The van der Waals surface area contributed by atoms with Crippen LogP contribution in [0.1, 0.15) is 38.7 Å². The summed E-state index contributed by atoms with van der Waals surface area (Å²) >= 11 is 0. The van der Waals surface area contributed by atoms with E-state index in [0.717, 1.165) is 31.5 Å². The highest BCUT2D eigenvalue weighted by atomic mass is 16.4. The van der Waals surface area contributed by atoms with E-state index in [1.807, 2.05) is 17.0 Å². The molecular weight excluding hydrogens is 308 g/mol. The molecule has 1 aliphatic rings. The van der Waals surface area contributed by atoms with Crippen molar-refractivity contribution in [2.24, 2.45) is 5.41 Å². The fraction of sp³-hybridized carbons (Fsp3) is 0.500. The van der Waals surface area contributed by atoms with Crippen molar-refractivity contribution in [1.82, 2.24) is 4.90 Å². The molecule has 0 bridgehead atoms. The van der Waals surface area contributed by atoms with Crippen LogP contribution in [0.3, 0.4) is 0 Å². The van der Waals surface area contributed by atoms with Crippen LogP contribution in [-0.2, 0) is 20.8 Å². The Morgan fingerprint density at radius 2 is 1.71 bits per heavy atom. The molecule has 0 radical (unpaired) electrons. The van der Waals surface area contributed by atoms with E-state index < -0.39 is 17.3 Å². The quantitative estimate of drug-likeness (QED) is 0.783. The summed E-state index contributed by atoms with van der Waals surface area (Å²) in [4.78, 5) is 37.0. The summed E-state index contributed by atoms with van der Waals surface area (Å²) < 4.78 is 0. The van der Waals surface area contributed by atoms with Crippen LogP contribution in [0.5, 0.6) is 0 Å². The van der Waals surface area contributed by atoms with Gasteiger partial charge in [-0.05, 0) is 50.8 Å². The third kappa shape index (κ3) is 4.34. The lowest BCUT2D eigenvalue weighted by Crippen LogP contribution is -2.37. The molecule has 2 amide bonds. The lowest BCUT2D eigenvalue weighted by atomic mass is 9.92. The molecular formula is C18H24N2O4. The Labute approximate surface area is 141 Å². The first kappa shape index (κ1) is 18.0. The van der Waals surface area contributed by atoms with Crippen LogP contribution in [0.4, 0.5) is 5.69 Å². The first-order valence-corrected chi connectivity index (χ1v) is 8.22. The van der Waals surface area contributed by atoms with Crippen molar-refractivity contribution in [3.8, 4) is 0 Å². The van der Waals surface area contributed by atoms with Crippen LogP contribution in [0.2, 0.25) is 0 Å². The Balaban J connectivity index is 1.87. The van der Waals surface area contributed by atoms with Gasteiger partial charge in [0.25, 0.3) is 0 Å². The number of carboxylic acids is 1. The van der Waals surface area contributed by atoms with Crippen molar-refractivity contribution in [2.45, 2.75) is 39.5 Å². The van der Waals surface area contributed by atoms with Gasteiger partial charge >= 0.3 is 5.97 Å². The number of anilines is 1. The van der Waals surface area contributed by atoms with Crippen LogP contribution in [0, 0.1) is 5.41 Å². The van der Waals surface area contributed by atoms with Gasteiger partial charge < -0.3 is 15.3 Å². The normalized spacial score (nSPS) is 14.5. The van der Waals surface area contributed by atoms with Gasteiger partial charge in [0.2, 0.25) is 11.8 Å². The molecule has 24 heavy (non-hydrogen) atoms. The molecule has 1 heterocycles. The minimum atomic E-state index is -1.49. The molecule has 0 spiro atoms. The van der Waals surface area contributed by atoms with Gasteiger partial charge in [-0.15, -0.1) is 0 Å². The van der Waals surface area contributed by atoms with Gasteiger partial charge in [0, 0.05) is 25.2 Å². The van der Waals surface area contributed by atoms with E-state index in [4.69, 9.17) is 5.11 Å². The number of nitrogens with one attached hydrogen (secondary N) is 1. The molecule has 0 atom stereocenters. The Morgan fingerprint density at radius 3 is 2.25 bits per heavy atom. The van der Waals surface area contributed by atoms with E-state index in [0.29, 0.717) is 18.5 Å². The third-order valence-corrected chi connectivity index (χ3v) is 4.40. The van der Waals surface area contributed by atoms with Gasteiger partial charge in [0.05, 0.1) is 0 Å². The number of likely N-dealkylation sites (tertiary alicyclic amines) is 1. The smallest absolute Gasteiger partial charge is 0.318 e. The first-order valence-electron chi connectivity index (χ1n) is 8.22. The fourth-order valence-corrected chi connectivity index (χ4v) is 2.52. The summed E-state index contributed by atoms with van der Waals surface area (Å²) in [6.45, 7) is 4.46. The molecule has 1 aliphatic heterocycles. The van der Waals surface area contributed by atoms with Gasteiger partial charge in [-0.3, -0.25) is 14.4 Å². The van der Waals surface area contributed by atoms with Crippen molar-refractivity contribution in [1.29, 1.82) is 0 Å². The summed E-state index contributed by atoms with van der Waals surface area (Å²) in [5.41, 5.74) is 0.0721. The number of amides is 2. The standard InChI is InChI=1S/C18H24N2O4/c1-18(2,17(23)24)16(22)19-14-8-5-13(6-9-14)7-10-15(21)20-11-3-4-12-20/h5-6,8-9H,3-4,7,10-12H2,1-2H3,(H,19,22)(H,23,24). The predicted molar refractivity (Wildman–Crippen MR) is 90.6 cm³/mol. The Morgan fingerprint density at radius 1 is 1.12 bits per heavy atom. The third-order valence-electron chi connectivity index (χ3n) is 4.40. The number of nitrogens with zero attached hydrogens (tertiary/aromatic N) is 1. The van der Waals surface area contributed by atoms with E-state index in [1.54, 1.807) is 12.1 Å². The maximum absolute atomic E-state index is 12.0.